The van der Waals surface area contributed by atoms with Crippen LogP contribution in [0.1, 0.15) is 0 Å². The first-order valence-electron chi connectivity index (χ1n) is 6.74. The summed E-state index contributed by atoms with van der Waals surface area (Å²) in [5.41, 5.74) is 3.39. The summed E-state index contributed by atoms with van der Waals surface area (Å²) in [6.45, 7) is 0. The Balaban J connectivity index is 2.11. The molecule has 0 aliphatic rings. The molecule has 4 rings (SSSR count). The van der Waals surface area contributed by atoms with E-state index >= 15 is 0 Å². The maximum absolute atomic E-state index is 4.80. The smallest absolute Gasteiger partial charge is 0.140 e. The molecule has 0 bridgehead atoms. The fourth-order valence-electron chi connectivity index (χ4n) is 2.83. The van der Waals surface area contributed by atoms with E-state index in [1.54, 1.807) is 0 Å². The van der Waals surface area contributed by atoms with Crippen molar-refractivity contribution >= 4 is 21.8 Å². The van der Waals surface area contributed by atoms with Gasteiger partial charge in [-0.15, -0.1) is 0 Å². The van der Waals surface area contributed by atoms with Crippen molar-refractivity contribution in [1.29, 1.82) is 0 Å². The quantitative estimate of drug-likeness (QED) is 0.495. The molecule has 0 aliphatic carbocycles. The number of nitrogens with zero attached hydrogens (tertiary/aromatic N) is 2. The largest absolute Gasteiger partial charge is 0.327 e. The van der Waals surface area contributed by atoms with Crippen LogP contribution in [0.25, 0.3) is 33.2 Å². The molecule has 20 heavy (non-hydrogen) atoms. The number of rotatable bonds is 1. The molecule has 2 nitrogen and oxygen atoms in total. The van der Waals surface area contributed by atoms with Gasteiger partial charge >= 0.3 is 0 Å². The van der Waals surface area contributed by atoms with E-state index < -0.39 is 0 Å². The van der Waals surface area contributed by atoms with Crippen molar-refractivity contribution in [3.63, 3.8) is 0 Å². The van der Waals surface area contributed by atoms with Crippen molar-refractivity contribution < 1.29 is 0 Å². The van der Waals surface area contributed by atoms with E-state index in [1.165, 1.54) is 16.3 Å². The molecule has 0 saturated heterocycles. The van der Waals surface area contributed by atoms with Gasteiger partial charge in [0.1, 0.15) is 5.82 Å². The fraction of sp³-hybridized carbons (Fsp3) is 0.0556. The molecule has 0 amide bonds. The zero-order valence-electron chi connectivity index (χ0n) is 11.2. The molecule has 96 valence electrons. The minimum Gasteiger partial charge on any atom is -0.327 e. The van der Waals surface area contributed by atoms with Gasteiger partial charge in [0.25, 0.3) is 0 Å². The van der Waals surface area contributed by atoms with Crippen LogP contribution in [0.15, 0.2) is 66.7 Å². The lowest BCUT2D eigenvalue weighted by molar-refractivity contribution is 0.962. The highest BCUT2D eigenvalue weighted by molar-refractivity contribution is 6.05. The van der Waals surface area contributed by atoms with Crippen LogP contribution in [0.3, 0.4) is 0 Å². The standard InChI is InChI=1S/C18H14N2/c1-20-17-15-10-6-5-7-13(15)11-12-16(17)19-18(20)14-8-3-2-4-9-14/h2-12H,1H3. The number of benzene rings is 3. The molecule has 1 heterocycles. The average Bonchev–Trinajstić information content (AvgIpc) is 2.86. The van der Waals surface area contributed by atoms with Gasteiger partial charge in [-0.05, 0) is 11.5 Å². The Kier molecular flexibility index (Phi) is 2.36. The Labute approximate surface area is 117 Å². The topological polar surface area (TPSA) is 17.8 Å². The highest BCUT2D eigenvalue weighted by Gasteiger charge is 2.11. The summed E-state index contributed by atoms with van der Waals surface area (Å²) in [6.07, 6.45) is 0. The summed E-state index contributed by atoms with van der Waals surface area (Å²) in [7, 11) is 2.09. The number of aromatic nitrogens is 2. The molecule has 0 unspecified atom stereocenters. The lowest BCUT2D eigenvalue weighted by Crippen LogP contribution is -1.92. The zero-order chi connectivity index (χ0) is 13.5. The maximum atomic E-state index is 4.80. The van der Waals surface area contributed by atoms with Crippen molar-refractivity contribution in [1.82, 2.24) is 9.55 Å². The summed E-state index contributed by atoms with van der Waals surface area (Å²) in [4.78, 5) is 4.80. The molecule has 4 aromatic rings. The lowest BCUT2D eigenvalue weighted by Gasteiger charge is -2.04. The Hall–Kier alpha value is -2.61. The molecule has 0 fully saturated rings. The van der Waals surface area contributed by atoms with Gasteiger partial charge in [0.15, 0.2) is 0 Å². The molecule has 0 spiro atoms. The van der Waals surface area contributed by atoms with Crippen LogP contribution >= 0.6 is 0 Å². The second kappa shape index (κ2) is 4.20. The van der Waals surface area contributed by atoms with Crippen LogP contribution in [0.2, 0.25) is 0 Å². The second-order valence-corrected chi connectivity index (χ2v) is 5.01. The molecule has 0 N–H and O–H groups in total. The molecule has 0 aliphatic heterocycles. The predicted molar refractivity (Wildman–Crippen MR) is 83.7 cm³/mol. The molecule has 2 heteroatoms. The zero-order valence-corrected chi connectivity index (χ0v) is 11.2. The first-order valence-corrected chi connectivity index (χ1v) is 6.74. The number of hydrogen-bond donors (Lipinski definition) is 0. The van der Waals surface area contributed by atoms with E-state index in [1.807, 2.05) is 18.2 Å². The van der Waals surface area contributed by atoms with Gasteiger partial charge in [0, 0.05) is 18.0 Å². The molecule has 3 aromatic carbocycles. The van der Waals surface area contributed by atoms with E-state index in [9.17, 15) is 0 Å². The van der Waals surface area contributed by atoms with Crippen molar-refractivity contribution in [2.75, 3.05) is 0 Å². The highest BCUT2D eigenvalue weighted by Crippen LogP contribution is 2.29. The molecule has 0 saturated carbocycles. The molecule has 0 radical (unpaired) electrons. The van der Waals surface area contributed by atoms with E-state index in [-0.39, 0.29) is 0 Å². The van der Waals surface area contributed by atoms with E-state index in [2.05, 4.69) is 60.1 Å². The molecular formula is C18H14N2. The first-order chi connectivity index (χ1) is 9.84. The van der Waals surface area contributed by atoms with Gasteiger partial charge in [-0.25, -0.2) is 4.98 Å². The third-order valence-electron chi connectivity index (χ3n) is 3.79. The first kappa shape index (κ1) is 11.2. The van der Waals surface area contributed by atoms with Crippen molar-refractivity contribution in [2.24, 2.45) is 7.05 Å². The lowest BCUT2D eigenvalue weighted by atomic mass is 10.1. The number of imidazole rings is 1. The number of hydrogen-bond acceptors (Lipinski definition) is 1. The molecular weight excluding hydrogens is 244 g/mol. The monoisotopic (exact) mass is 258 g/mol. The van der Waals surface area contributed by atoms with Crippen LogP contribution in [0.5, 0.6) is 0 Å². The Morgan fingerprint density at radius 1 is 0.800 bits per heavy atom. The van der Waals surface area contributed by atoms with Crippen LogP contribution < -0.4 is 0 Å². The van der Waals surface area contributed by atoms with Gasteiger partial charge < -0.3 is 4.57 Å². The van der Waals surface area contributed by atoms with E-state index in [4.69, 9.17) is 4.98 Å². The normalized spacial score (nSPS) is 11.2. The van der Waals surface area contributed by atoms with Crippen molar-refractivity contribution in [3.05, 3.63) is 66.7 Å². The van der Waals surface area contributed by atoms with E-state index in [0.717, 1.165) is 16.9 Å². The summed E-state index contributed by atoms with van der Waals surface area (Å²) >= 11 is 0. The minimum atomic E-state index is 1.01. The van der Waals surface area contributed by atoms with Gasteiger partial charge in [0.2, 0.25) is 0 Å². The van der Waals surface area contributed by atoms with Crippen LogP contribution in [-0.2, 0) is 7.05 Å². The summed E-state index contributed by atoms with van der Waals surface area (Å²) in [5.74, 6) is 1.01. The molecule has 0 atom stereocenters. The Morgan fingerprint density at radius 3 is 2.40 bits per heavy atom. The van der Waals surface area contributed by atoms with Crippen LogP contribution in [0.4, 0.5) is 0 Å². The minimum absolute atomic E-state index is 1.01. The van der Waals surface area contributed by atoms with Crippen LogP contribution in [-0.4, -0.2) is 9.55 Å². The summed E-state index contributed by atoms with van der Waals surface area (Å²) in [6, 6.07) is 23.0. The third kappa shape index (κ3) is 1.55. The molecule has 1 aromatic heterocycles. The number of aryl methyl sites for hydroxylation is 1. The predicted octanol–water partition coefficient (Wildman–Crippen LogP) is 4.39. The van der Waals surface area contributed by atoms with Crippen LogP contribution in [0, 0.1) is 0 Å². The van der Waals surface area contributed by atoms with Crippen molar-refractivity contribution in [2.45, 2.75) is 0 Å². The Morgan fingerprint density at radius 2 is 1.55 bits per heavy atom. The fourth-order valence-corrected chi connectivity index (χ4v) is 2.83. The maximum Gasteiger partial charge on any atom is 0.140 e. The van der Waals surface area contributed by atoms with Gasteiger partial charge in [0.05, 0.1) is 11.0 Å². The average molecular weight is 258 g/mol. The van der Waals surface area contributed by atoms with Gasteiger partial charge in [-0.1, -0.05) is 60.7 Å². The van der Waals surface area contributed by atoms with Crippen molar-refractivity contribution in [3.8, 4) is 11.4 Å². The summed E-state index contributed by atoms with van der Waals surface area (Å²) < 4.78 is 2.19. The summed E-state index contributed by atoms with van der Waals surface area (Å²) in [5, 5.41) is 2.50. The third-order valence-corrected chi connectivity index (χ3v) is 3.79. The van der Waals surface area contributed by atoms with Gasteiger partial charge in [-0.2, -0.15) is 0 Å². The Bertz CT molecular complexity index is 905. The number of fused-ring (bicyclic) bond motifs is 3. The SMILES string of the molecule is Cn1c(-c2ccccc2)nc2ccc3ccccc3c21. The van der Waals surface area contributed by atoms with Gasteiger partial charge in [-0.3, -0.25) is 0 Å². The second-order valence-electron chi connectivity index (χ2n) is 5.01. The van der Waals surface area contributed by atoms with E-state index in [0.29, 0.717) is 0 Å². The highest BCUT2D eigenvalue weighted by atomic mass is 15.1.